The molecule has 1 aliphatic rings. The van der Waals surface area contributed by atoms with Crippen molar-refractivity contribution in [1.29, 1.82) is 0 Å². The fourth-order valence-electron chi connectivity index (χ4n) is 2.14. The van der Waals surface area contributed by atoms with E-state index < -0.39 is 0 Å². The van der Waals surface area contributed by atoms with Crippen LogP contribution in [0.4, 0.5) is 0 Å². The molecule has 3 atom stereocenters. The predicted octanol–water partition coefficient (Wildman–Crippen LogP) is 3.67. The minimum Gasteiger partial charge on any atom is -0.369 e. The molecular weight excluding hydrogens is 204 g/mol. The van der Waals surface area contributed by atoms with E-state index in [-0.39, 0.29) is 0 Å². The molecule has 3 unspecified atom stereocenters. The smallest absolute Gasteiger partial charge is 0.0870 e. The maximum Gasteiger partial charge on any atom is 0.0870 e. The summed E-state index contributed by atoms with van der Waals surface area (Å²) in [4.78, 5) is 3.02. The Bertz CT molecular complexity index is 318. The minimum atomic E-state index is 0.530. The van der Waals surface area contributed by atoms with Crippen molar-refractivity contribution in [2.24, 2.45) is 5.92 Å². The number of hydrogen-bond acceptors (Lipinski definition) is 2. The Kier molecular flexibility index (Phi) is 3.47. The van der Waals surface area contributed by atoms with Crippen LogP contribution in [0.5, 0.6) is 0 Å². The highest BCUT2D eigenvalue weighted by Gasteiger charge is 2.41. The van der Waals surface area contributed by atoms with Crippen molar-refractivity contribution in [1.82, 2.24) is 0 Å². The zero-order valence-electron chi connectivity index (χ0n) is 9.82. The summed E-state index contributed by atoms with van der Waals surface area (Å²) in [5.41, 5.74) is 0. The van der Waals surface area contributed by atoms with Crippen LogP contribution in [-0.2, 0) is 17.6 Å². The average molecular weight is 224 g/mol. The topological polar surface area (TPSA) is 12.5 Å². The third-order valence-corrected chi connectivity index (χ3v) is 4.43. The number of thiophene rings is 1. The number of epoxide rings is 1. The van der Waals surface area contributed by atoms with Crippen molar-refractivity contribution >= 4 is 11.3 Å². The van der Waals surface area contributed by atoms with E-state index in [9.17, 15) is 0 Å². The molecule has 15 heavy (non-hydrogen) atoms. The second-order valence-electron chi connectivity index (χ2n) is 4.45. The van der Waals surface area contributed by atoms with E-state index in [1.165, 1.54) is 22.6 Å². The van der Waals surface area contributed by atoms with Crippen LogP contribution in [0, 0.1) is 5.92 Å². The Balaban J connectivity index is 1.86. The molecule has 1 aromatic heterocycles. The van der Waals surface area contributed by atoms with Crippen LogP contribution >= 0.6 is 11.3 Å². The zero-order valence-corrected chi connectivity index (χ0v) is 10.6. The lowest BCUT2D eigenvalue weighted by atomic mass is 10.00. The summed E-state index contributed by atoms with van der Waals surface area (Å²) in [5.74, 6) is 0.679. The largest absolute Gasteiger partial charge is 0.369 e. The molecule has 1 aliphatic heterocycles. The Morgan fingerprint density at radius 2 is 2.07 bits per heavy atom. The van der Waals surface area contributed by atoms with Gasteiger partial charge in [0.05, 0.1) is 12.2 Å². The van der Waals surface area contributed by atoms with Gasteiger partial charge in [-0.05, 0) is 37.3 Å². The summed E-state index contributed by atoms with van der Waals surface area (Å²) >= 11 is 1.96. The van der Waals surface area contributed by atoms with Gasteiger partial charge in [0, 0.05) is 9.75 Å². The van der Waals surface area contributed by atoms with Crippen LogP contribution in [0.1, 0.15) is 36.9 Å². The molecule has 0 saturated carbocycles. The first-order chi connectivity index (χ1) is 7.24. The van der Waals surface area contributed by atoms with Gasteiger partial charge in [0.1, 0.15) is 0 Å². The second kappa shape index (κ2) is 4.67. The molecule has 0 spiro atoms. The molecule has 0 aromatic carbocycles. The van der Waals surface area contributed by atoms with E-state index in [1.54, 1.807) is 0 Å². The fourth-order valence-corrected chi connectivity index (χ4v) is 3.24. The third kappa shape index (κ3) is 2.61. The molecule has 0 radical (unpaired) electrons. The molecule has 1 saturated heterocycles. The fraction of sp³-hybridized carbons (Fsp3) is 0.692. The number of rotatable bonds is 5. The van der Waals surface area contributed by atoms with E-state index in [1.807, 2.05) is 11.3 Å². The van der Waals surface area contributed by atoms with Crippen LogP contribution in [0.15, 0.2) is 12.1 Å². The van der Waals surface area contributed by atoms with Gasteiger partial charge in [-0.3, -0.25) is 0 Å². The van der Waals surface area contributed by atoms with E-state index in [0.717, 1.165) is 6.42 Å². The molecular formula is C13H20OS. The van der Waals surface area contributed by atoms with Crippen molar-refractivity contribution in [2.75, 3.05) is 0 Å². The van der Waals surface area contributed by atoms with Crippen molar-refractivity contribution in [3.63, 3.8) is 0 Å². The highest BCUT2D eigenvalue weighted by atomic mass is 32.1. The van der Waals surface area contributed by atoms with E-state index in [0.29, 0.717) is 18.1 Å². The predicted molar refractivity (Wildman–Crippen MR) is 65.5 cm³/mol. The van der Waals surface area contributed by atoms with Gasteiger partial charge in [0.2, 0.25) is 0 Å². The van der Waals surface area contributed by atoms with Gasteiger partial charge in [-0.2, -0.15) is 0 Å². The molecule has 0 bridgehead atoms. The summed E-state index contributed by atoms with van der Waals surface area (Å²) in [6.07, 6.45) is 4.59. The Morgan fingerprint density at radius 3 is 2.60 bits per heavy atom. The first-order valence-corrected chi connectivity index (χ1v) is 6.79. The Labute approximate surface area is 96.5 Å². The third-order valence-electron chi connectivity index (χ3n) is 3.17. The summed E-state index contributed by atoms with van der Waals surface area (Å²) < 4.78 is 5.64. The zero-order chi connectivity index (χ0) is 10.8. The quantitative estimate of drug-likeness (QED) is 0.695. The normalized spacial score (nSPS) is 26.6. The minimum absolute atomic E-state index is 0.530. The van der Waals surface area contributed by atoms with Gasteiger partial charge in [-0.25, -0.2) is 0 Å². The van der Waals surface area contributed by atoms with E-state index in [4.69, 9.17) is 4.74 Å². The molecule has 0 N–H and O–H groups in total. The summed E-state index contributed by atoms with van der Waals surface area (Å²) in [6.45, 7) is 6.74. The molecule has 1 nitrogen and oxygen atoms in total. The van der Waals surface area contributed by atoms with Gasteiger partial charge in [-0.1, -0.05) is 20.8 Å². The second-order valence-corrected chi connectivity index (χ2v) is 5.70. The maximum absolute atomic E-state index is 5.64. The van der Waals surface area contributed by atoms with Crippen LogP contribution in [0.2, 0.25) is 0 Å². The summed E-state index contributed by atoms with van der Waals surface area (Å²) in [5, 5.41) is 0. The van der Waals surface area contributed by atoms with Gasteiger partial charge in [0.25, 0.3) is 0 Å². The molecule has 0 amide bonds. The monoisotopic (exact) mass is 224 g/mol. The van der Waals surface area contributed by atoms with Crippen LogP contribution in [-0.4, -0.2) is 12.2 Å². The van der Waals surface area contributed by atoms with Crippen molar-refractivity contribution in [2.45, 2.75) is 52.2 Å². The van der Waals surface area contributed by atoms with Crippen LogP contribution < -0.4 is 0 Å². The van der Waals surface area contributed by atoms with Gasteiger partial charge >= 0.3 is 0 Å². The van der Waals surface area contributed by atoms with E-state index >= 15 is 0 Å². The first kappa shape index (κ1) is 11.2. The maximum atomic E-state index is 5.64. The van der Waals surface area contributed by atoms with Crippen LogP contribution in [0.3, 0.4) is 0 Å². The van der Waals surface area contributed by atoms with Crippen molar-refractivity contribution in [3.8, 4) is 0 Å². The first-order valence-electron chi connectivity index (χ1n) is 5.97. The SMILES string of the molecule is CCc1ccc(CC(C)C2OC2CC)s1. The Hall–Kier alpha value is -0.340. The highest BCUT2D eigenvalue weighted by molar-refractivity contribution is 7.11. The highest BCUT2D eigenvalue weighted by Crippen LogP contribution is 2.34. The summed E-state index contributed by atoms with van der Waals surface area (Å²) in [6, 6.07) is 4.54. The molecule has 2 heterocycles. The molecule has 2 heteroatoms. The van der Waals surface area contributed by atoms with Crippen LogP contribution in [0.25, 0.3) is 0 Å². The molecule has 1 fully saturated rings. The van der Waals surface area contributed by atoms with Crippen molar-refractivity contribution < 1.29 is 4.74 Å². The van der Waals surface area contributed by atoms with Gasteiger partial charge in [-0.15, -0.1) is 11.3 Å². The molecule has 0 aliphatic carbocycles. The number of hydrogen-bond donors (Lipinski definition) is 0. The molecule has 1 aromatic rings. The molecule has 2 rings (SSSR count). The van der Waals surface area contributed by atoms with Gasteiger partial charge < -0.3 is 4.74 Å². The van der Waals surface area contributed by atoms with Gasteiger partial charge in [0.15, 0.2) is 0 Å². The number of aryl methyl sites for hydroxylation is 1. The molecule has 84 valence electrons. The Morgan fingerprint density at radius 1 is 1.33 bits per heavy atom. The van der Waals surface area contributed by atoms with Crippen molar-refractivity contribution in [3.05, 3.63) is 21.9 Å². The average Bonchev–Trinajstić information content (AvgIpc) is 2.91. The standard InChI is InChI=1S/C13H20OS/c1-4-10-6-7-11(15-10)8-9(3)13-12(5-2)14-13/h6-7,9,12-13H,4-5,8H2,1-3H3. The number of ether oxygens (including phenoxy) is 1. The van der Waals surface area contributed by atoms with E-state index in [2.05, 4.69) is 32.9 Å². The lowest BCUT2D eigenvalue weighted by Crippen LogP contribution is -2.08. The lowest BCUT2D eigenvalue weighted by molar-refractivity contribution is 0.323. The lowest BCUT2D eigenvalue weighted by Gasteiger charge is -2.05. The summed E-state index contributed by atoms with van der Waals surface area (Å²) in [7, 11) is 0.